The minimum Gasteiger partial charge on any atom is -0.378 e. The quantitative estimate of drug-likeness (QED) is 0.640. The highest BCUT2D eigenvalue weighted by Gasteiger charge is 2.24. The third kappa shape index (κ3) is 3.89. The Hall–Kier alpha value is -0.960. The second-order valence-corrected chi connectivity index (χ2v) is 6.32. The lowest BCUT2D eigenvalue weighted by Gasteiger charge is -2.27. The van der Waals surface area contributed by atoms with Crippen molar-refractivity contribution in [3.63, 3.8) is 0 Å². The molecule has 0 bridgehead atoms. The molecule has 1 rings (SSSR count). The Bertz CT molecular complexity index is 355. The summed E-state index contributed by atoms with van der Waals surface area (Å²) in [5.74, 6) is 0.557. The molecule has 0 aliphatic heterocycles. The van der Waals surface area contributed by atoms with Crippen LogP contribution in [0.25, 0.3) is 0 Å². The second-order valence-electron chi connectivity index (χ2n) is 4.65. The number of nitrogens with two attached hydrogens (primary N) is 1. The van der Waals surface area contributed by atoms with Crippen molar-refractivity contribution < 1.29 is 0 Å². The van der Waals surface area contributed by atoms with Crippen LogP contribution in [-0.4, -0.2) is 9.91 Å². The minimum atomic E-state index is 0.113. The zero-order valence-corrected chi connectivity index (χ0v) is 11.2. The number of amidine groups is 1. The molecule has 0 aromatic heterocycles. The van der Waals surface area contributed by atoms with E-state index in [1.165, 1.54) is 0 Å². The summed E-state index contributed by atoms with van der Waals surface area (Å²) in [5, 5.41) is 0.630. The van der Waals surface area contributed by atoms with Crippen LogP contribution < -0.4 is 5.73 Å². The van der Waals surface area contributed by atoms with Gasteiger partial charge in [0.05, 0.1) is 5.69 Å². The number of benzene rings is 1. The van der Waals surface area contributed by atoms with Gasteiger partial charge in [-0.2, -0.15) is 0 Å². The molecule has 0 saturated heterocycles. The summed E-state index contributed by atoms with van der Waals surface area (Å²) in [7, 11) is 0. The smallest absolute Gasteiger partial charge is 0.159 e. The lowest BCUT2D eigenvalue weighted by Crippen LogP contribution is -2.27. The molecule has 0 amide bonds. The van der Waals surface area contributed by atoms with E-state index in [2.05, 4.69) is 32.7 Å². The minimum absolute atomic E-state index is 0.113. The fraction of sp³-hybridized carbons (Fsp3) is 0.462. The molecule has 16 heavy (non-hydrogen) atoms. The third-order valence-corrected chi connectivity index (χ3v) is 4.05. The number of rotatable bonds is 3. The zero-order chi connectivity index (χ0) is 12.2. The van der Waals surface area contributed by atoms with E-state index < -0.39 is 0 Å². The van der Waals surface area contributed by atoms with E-state index in [1.807, 2.05) is 30.3 Å². The predicted molar refractivity (Wildman–Crippen MR) is 74.2 cm³/mol. The Morgan fingerprint density at radius 1 is 1.25 bits per heavy atom. The topological polar surface area (TPSA) is 38.4 Å². The van der Waals surface area contributed by atoms with E-state index in [4.69, 9.17) is 5.73 Å². The van der Waals surface area contributed by atoms with Gasteiger partial charge in [0.1, 0.15) is 0 Å². The first-order valence-electron chi connectivity index (χ1n) is 5.50. The van der Waals surface area contributed by atoms with Crippen molar-refractivity contribution in [2.24, 2.45) is 16.6 Å². The molecule has 3 heteroatoms. The van der Waals surface area contributed by atoms with Gasteiger partial charge in [0.2, 0.25) is 0 Å². The molecule has 0 heterocycles. The van der Waals surface area contributed by atoms with Gasteiger partial charge >= 0.3 is 0 Å². The molecular formula is C13H20N2S. The van der Waals surface area contributed by atoms with Crippen LogP contribution in [0.4, 0.5) is 5.69 Å². The lowest BCUT2D eigenvalue weighted by molar-refractivity contribution is 0.506. The number of para-hydroxylation sites is 1. The molecule has 0 aliphatic carbocycles. The molecule has 1 aromatic carbocycles. The predicted octanol–water partition coefficient (Wildman–Crippen LogP) is 3.80. The Balaban J connectivity index is 2.73. The van der Waals surface area contributed by atoms with Gasteiger partial charge in [0.25, 0.3) is 0 Å². The summed E-state index contributed by atoms with van der Waals surface area (Å²) in [5.41, 5.74) is 6.85. The molecule has 0 radical (unpaired) electrons. The highest BCUT2D eigenvalue weighted by atomic mass is 32.2. The molecule has 2 N–H and O–H groups in total. The number of nitrogens with zero attached hydrogens (tertiary/aromatic N) is 1. The maximum absolute atomic E-state index is 5.94. The van der Waals surface area contributed by atoms with Gasteiger partial charge in [-0.1, -0.05) is 43.8 Å². The summed E-state index contributed by atoms with van der Waals surface area (Å²) in [6.07, 6.45) is 0. The van der Waals surface area contributed by atoms with Crippen molar-refractivity contribution in [3.05, 3.63) is 30.3 Å². The average Bonchev–Trinajstić information content (AvgIpc) is 2.17. The fourth-order valence-electron chi connectivity index (χ4n) is 1.04. The number of aliphatic imine (C=N–C) groups is 1. The van der Waals surface area contributed by atoms with Crippen molar-refractivity contribution >= 4 is 22.6 Å². The molecule has 88 valence electrons. The highest BCUT2D eigenvalue weighted by molar-refractivity contribution is 8.14. The molecule has 0 unspecified atom stereocenters. The van der Waals surface area contributed by atoms with Crippen LogP contribution in [0.2, 0.25) is 0 Å². The molecular weight excluding hydrogens is 216 g/mol. The molecule has 0 fully saturated rings. The van der Waals surface area contributed by atoms with Gasteiger partial charge in [-0.3, -0.25) is 0 Å². The molecule has 0 atom stereocenters. The van der Waals surface area contributed by atoms with E-state index >= 15 is 0 Å². The van der Waals surface area contributed by atoms with Crippen molar-refractivity contribution in [2.45, 2.75) is 32.4 Å². The van der Waals surface area contributed by atoms with Gasteiger partial charge < -0.3 is 5.73 Å². The van der Waals surface area contributed by atoms with Crippen molar-refractivity contribution in [1.29, 1.82) is 0 Å². The second kappa shape index (κ2) is 5.39. The van der Waals surface area contributed by atoms with E-state index in [9.17, 15) is 0 Å². The average molecular weight is 236 g/mol. The van der Waals surface area contributed by atoms with Crippen LogP contribution >= 0.6 is 11.8 Å². The van der Waals surface area contributed by atoms with Gasteiger partial charge in [-0.25, -0.2) is 4.99 Å². The Kier molecular flexibility index (Phi) is 4.42. The van der Waals surface area contributed by atoms with Crippen LogP contribution in [0.1, 0.15) is 27.7 Å². The first-order chi connectivity index (χ1) is 7.42. The van der Waals surface area contributed by atoms with Gasteiger partial charge in [-0.15, -0.1) is 0 Å². The maximum atomic E-state index is 5.94. The van der Waals surface area contributed by atoms with Gasteiger partial charge in [-0.05, 0) is 31.9 Å². The van der Waals surface area contributed by atoms with E-state index in [1.54, 1.807) is 11.8 Å². The molecule has 1 aromatic rings. The van der Waals surface area contributed by atoms with Crippen molar-refractivity contribution in [2.75, 3.05) is 0 Å². The van der Waals surface area contributed by atoms with Crippen LogP contribution in [0.15, 0.2) is 35.3 Å². The lowest BCUT2D eigenvalue weighted by atomic mass is 10.00. The summed E-state index contributed by atoms with van der Waals surface area (Å²) in [4.78, 5) is 4.38. The normalized spacial score (nSPS) is 13.2. The van der Waals surface area contributed by atoms with E-state index in [0.29, 0.717) is 11.1 Å². The summed E-state index contributed by atoms with van der Waals surface area (Å²) in [6.45, 7) is 8.77. The third-order valence-electron chi connectivity index (χ3n) is 2.75. The summed E-state index contributed by atoms with van der Waals surface area (Å²) in [6, 6.07) is 9.81. The summed E-state index contributed by atoms with van der Waals surface area (Å²) >= 11 is 1.63. The standard InChI is InChI=1S/C13H20N2S/c1-10(2)13(3,4)16-12(14)15-11-8-6-5-7-9-11/h5-10H,1-4H3,(H2,14,15). The van der Waals surface area contributed by atoms with Crippen LogP contribution in [0, 0.1) is 5.92 Å². The van der Waals surface area contributed by atoms with Crippen LogP contribution in [0.3, 0.4) is 0 Å². The van der Waals surface area contributed by atoms with E-state index in [0.717, 1.165) is 5.69 Å². The number of hydrogen-bond acceptors (Lipinski definition) is 2. The highest BCUT2D eigenvalue weighted by Crippen LogP contribution is 2.32. The number of hydrogen-bond donors (Lipinski definition) is 1. The first-order valence-corrected chi connectivity index (χ1v) is 6.31. The SMILES string of the molecule is CC(C)C(C)(C)SC(N)=Nc1ccccc1. The maximum Gasteiger partial charge on any atom is 0.159 e. The largest absolute Gasteiger partial charge is 0.378 e. The Morgan fingerprint density at radius 2 is 1.81 bits per heavy atom. The molecule has 2 nitrogen and oxygen atoms in total. The molecule has 0 saturated carbocycles. The van der Waals surface area contributed by atoms with Crippen molar-refractivity contribution in [3.8, 4) is 0 Å². The van der Waals surface area contributed by atoms with Crippen LogP contribution in [-0.2, 0) is 0 Å². The van der Waals surface area contributed by atoms with E-state index in [-0.39, 0.29) is 4.75 Å². The van der Waals surface area contributed by atoms with Gasteiger partial charge in [0, 0.05) is 4.75 Å². The first kappa shape index (κ1) is 13.1. The van der Waals surface area contributed by atoms with Gasteiger partial charge in [0.15, 0.2) is 5.17 Å². The molecule has 0 aliphatic rings. The van der Waals surface area contributed by atoms with Crippen LogP contribution in [0.5, 0.6) is 0 Å². The molecule has 0 spiro atoms. The number of thioether (sulfide) groups is 1. The summed E-state index contributed by atoms with van der Waals surface area (Å²) < 4.78 is 0.113. The fourth-order valence-corrected chi connectivity index (χ4v) is 1.97. The monoisotopic (exact) mass is 236 g/mol. The Labute approximate surface area is 102 Å². The van der Waals surface area contributed by atoms with Crippen molar-refractivity contribution in [1.82, 2.24) is 0 Å². The Morgan fingerprint density at radius 3 is 2.31 bits per heavy atom. The zero-order valence-electron chi connectivity index (χ0n) is 10.4.